The van der Waals surface area contributed by atoms with Crippen LogP contribution in [-0.4, -0.2) is 22.3 Å². The number of hydrogen-bond acceptors (Lipinski definition) is 2. The Hall–Kier alpha value is 0.350. The SMILES string of the molecule is C[C@@]12CC[C@@H](C[C@H](N)C1)N2P. The van der Waals surface area contributed by atoms with Gasteiger partial charge in [0, 0.05) is 17.6 Å². The Balaban J connectivity index is 2.20. The number of piperidine rings is 1. The van der Waals surface area contributed by atoms with Crippen LogP contribution in [0.3, 0.4) is 0 Å². The molecule has 0 aromatic rings. The summed E-state index contributed by atoms with van der Waals surface area (Å²) in [4.78, 5) is 0. The lowest BCUT2D eigenvalue weighted by atomic mass is 9.90. The van der Waals surface area contributed by atoms with Gasteiger partial charge in [0.15, 0.2) is 0 Å². The van der Waals surface area contributed by atoms with Crippen LogP contribution < -0.4 is 5.73 Å². The first kappa shape index (κ1) is 7.97. The van der Waals surface area contributed by atoms with E-state index in [1.807, 2.05) is 0 Å². The summed E-state index contributed by atoms with van der Waals surface area (Å²) < 4.78 is 2.45. The van der Waals surface area contributed by atoms with Gasteiger partial charge in [-0.2, -0.15) is 0 Å². The van der Waals surface area contributed by atoms with Crippen molar-refractivity contribution in [1.82, 2.24) is 4.67 Å². The number of nitrogens with zero attached hydrogens (tertiary/aromatic N) is 1. The van der Waals surface area contributed by atoms with Crippen molar-refractivity contribution in [2.45, 2.75) is 50.2 Å². The highest BCUT2D eigenvalue weighted by atomic mass is 31.0. The van der Waals surface area contributed by atoms with Gasteiger partial charge < -0.3 is 5.73 Å². The van der Waals surface area contributed by atoms with Crippen molar-refractivity contribution in [3.8, 4) is 0 Å². The second kappa shape index (κ2) is 2.42. The van der Waals surface area contributed by atoms with Gasteiger partial charge >= 0.3 is 0 Å². The predicted octanol–water partition coefficient (Wildman–Crippen LogP) is 1.12. The summed E-state index contributed by atoms with van der Waals surface area (Å²) >= 11 is 0. The second-order valence-corrected chi connectivity index (χ2v) is 4.85. The molecule has 1 unspecified atom stereocenters. The van der Waals surface area contributed by atoms with Gasteiger partial charge in [0.1, 0.15) is 0 Å². The van der Waals surface area contributed by atoms with Crippen LogP contribution in [0.5, 0.6) is 0 Å². The van der Waals surface area contributed by atoms with Gasteiger partial charge in [-0.15, -0.1) is 0 Å². The Kier molecular flexibility index (Phi) is 1.75. The molecule has 4 atom stereocenters. The fourth-order valence-electron chi connectivity index (χ4n) is 2.62. The lowest BCUT2D eigenvalue weighted by molar-refractivity contribution is 0.159. The van der Waals surface area contributed by atoms with Crippen LogP contribution in [0.15, 0.2) is 0 Å². The van der Waals surface area contributed by atoms with Crippen LogP contribution in [0.25, 0.3) is 0 Å². The topological polar surface area (TPSA) is 29.3 Å². The van der Waals surface area contributed by atoms with Gasteiger partial charge in [0.2, 0.25) is 0 Å². The maximum absolute atomic E-state index is 5.97. The van der Waals surface area contributed by atoms with Gasteiger partial charge in [-0.05, 0) is 32.6 Å². The lowest BCUT2D eigenvalue weighted by Gasteiger charge is -2.42. The first-order valence-corrected chi connectivity index (χ1v) is 4.93. The van der Waals surface area contributed by atoms with E-state index in [2.05, 4.69) is 21.0 Å². The third-order valence-corrected chi connectivity index (χ3v) is 4.35. The molecule has 2 aliphatic rings. The summed E-state index contributed by atoms with van der Waals surface area (Å²) in [5, 5.41) is 0. The van der Waals surface area contributed by atoms with E-state index in [1.165, 1.54) is 25.7 Å². The normalized spacial score (nSPS) is 51.5. The standard InChI is InChI=1S/C8H17N2P/c1-8-3-2-7(10(8)11)4-6(9)5-8/h6-7H,2-5,9,11H2,1H3/t6-,7-,8+/m0/s1. The number of rotatable bonds is 0. The van der Waals surface area contributed by atoms with Gasteiger partial charge in [0.05, 0.1) is 0 Å². The van der Waals surface area contributed by atoms with Crippen LogP contribution in [0.1, 0.15) is 32.6 Å². The highest BCUT2D eigenvalue weighted by molar-refractivity contribution is 7.13. The van der Waals surface area contributed by atoms with Crippen LogP contribution in [0.2, 0.25) is 0 Å². The van der Waals surface area contributed by atoms with E-state index in [4.69, 9.17) is 5.73 Å². The van der Waals surface area contributed by atoms with Crippen LogP contribution in [0, 0.1) is 0 Å². The molecule has 2 nitrogen and oxygen atoms in total. The van der Waals surface area contributed by atoms with Gasteiger partial charge in [0.25, 0.3) is 0 Å². The molecule has 3 heteroatoms. The molecule has 0 radical (unpaired) electrons. The van der Waals surface area contributed by atoms with Gasteiger partial charge in [-0.25, -0.2) is 0 Å². The highest BCUT2D eigenvalue weighted by Crippen LogP contribution is 2.45. The zero-order valence-corrected chi connectivity index (χ0v) is 8.24. The highest BCUT2D eigenvalue weighted by Gasteiger charge is 2.45. The molecular weight excluding hydrogens is 155 g/mol. The summed E-state index contributed by atoms with van der Waals surface area (Å²) in [5.41, 5.74) is 6.36. The van der Waals surface area contributed by atoms with Crippen molar-refractivity contribution >= 4 is 9.39 Å². The maximum Gasteiger partial charge on any atom is 0.0231 e. The zero-order chi connectivity index (χ0) is 8.06. The molecule has 2 aliphatic heterocycles. The number of fused-ring (bicyclic) bond motifs is 2. The predicted molar refractivity (Wildman–Crippen MR) is 50.2 cm³/mol. The van der Waals surface area contributed by atoms with Gasteiger partial charge in [-0.3, -0.25) is 4.67 Å². The molecule has 0 aliphatic carbocycles. The maximum atomic E-state index is 5.97. The zero-order valence-electron chi connectivity index (χ0n) is 7.09. The third-order valence-electron chi connectivity index (χ3n) is 3.31. The van der Waals surface area contributed by atoms with Gasteiger partial charge in [-0.1, -0.05) is 9.39 Å². The van der Waals surface area contributed by atoms with E-state index >= 15 is 0 Å². The molecule has 0 spiro atoms. The molecule has 0 saturated carbocycles. The Morgan fingerprint density at radius 2 is 2.36 bits per heavy atom. The monoisotopic (exact) mass is 172 g/mol. The van der Waals surface area contributed by atoms with E-state index in [-0.39, 0.29) is 0 Å². The van der Waals surface area contributed by atoms with E-state index in [1.54, 1.807) is 0 Å². The lowest BCUT2D eigenvalue weighted by Crippen LogP contribution is -2.49. The van der Waals surface area contributed by atoms with Crippen LogP contribution >= 0.6 is 9.39 Å². The van der Waals surface area contributed by atoms with Crippen molar-refractivity contribution in [3.05, 3.63) is 0 Å². The molecule has 2 N–H and O–H groups in total. The molecule has 11 heavy (non-hydrogen) atoms. The Morgan fingerprint density at radius 3 is 3.00 bits per heavy atom. The fourth-order valence-corrected chi connectivity index (χ4v) is 3.13. The van der Waals surface area contributed by atoms with Crippen LogP contribution in [0.4, 0.5) is 0 Å². The Bertz CT molecular complexity index is 173. The van der Waals surface area contributed by atoms with Crippen molar-refractivity contribution in [2.24, 2.45) is 5.73 Å². The smallest absolute Gasteiger partial charge is 0.0231 e. The van der Waals surface area contributed by atoms with Crippen molar-refractivity contribution in [2.75, 3.05) is 0 Å². The molecule has 2 saturated heterocycles. The molecule has 0 aromatic heterocycles. The Labute approximate surface area is 70.8 Å². The third kappa shape index (κ3) is 1.12. The minimum Gasteiger partial charge on any atom is -0.328 e. The van der Waals surface area contributed by atoms with E-state index in [0.717, 1.165) is 6.04 Å². The first-order valence-electron chi connectivity index (χ1n) is 4.41. The average Bonchev–Trinajstić information content (AvgIpc) is 2.17. The van der Waals surface area contributed by atoms with Crippen LogP contribution in [-0.2, 0) is 0 Å². The summed E-state index contributed by atoms with van der Waals surface area (Å²) in [6.07, 6.45) is 5.04. The average molecular weight is 172 g/mol. The van der Waals surface area contributed by atoms with E-state index in [0.29, 0.717) is 11.6 Å². The Morgan fingerprint density at radius 1 is 1.64 bits per heavy atom. The molecule has 0 amide bonds. The summed E-state index contributed by atoms with van der Waals surface area (Å²) in [6, 6.07) is 1.19. The largest absolute Gasteiger partial charge is 0.328 e. The number of nitrogens with two attached hydrogens (primary N) is 1. The van der Waals surface area contributed by atoms with E-state index in [9.17, 15) is 0 Å². The summed E-state index contributed by atoms with van der Waals surface area (Å²) in [5.74, 6) is 0. The molecule has 0 aromatic carbocycles. The molecule has 2 fully saturated rings. The second-order valence-electron chi connectivity index (χ2n) is 4.30. The quantitative estimate of drug-likeness (QED) is 0.555. The summed E-state index contributed by atoms with van der Waals surface area (Å²) in [6.45, 7) is 2.33. The first-order chi connectivity index (χ1) is 5.12. The van der Waals surface area contributed by atoms with E-state index < -0.39 is 0 Å². The minimum absolute atomic E-state index is 0.396. The number of hydrogen-bond donors (Lipinski definition) is 1. The molecule has 2 rings (SSSR count). The molecule has 64 valence electrons. The molecule has 2 bridgehead atoms. The summed E-state index contributed by atoms with van der Waals surface area (Å²) in [7, 11) is 2.87. The molecular formula is C8H17N2P. The van der Waals surface area contributed by atoms with Crippen molar-refractivity contribution < 1.29 is 0 Å². The fraction of sp³-hybridized carbons (Fsp3) is 1.00. The minimum atomic E-state index is 0.396. The van der Waals surface area contributed by atoms with Crippen molar-refractivity contribution in [1.29, 1.82) is 0 Å². The molecule has 2 heterocycles. The van der Waals surface area contributed by atoms with Crippen molar-refractivity contribution in [3.63, 3.8) is 0 Å².